The van der Waals surface area contributed by atoms with Gasteiger partial charge in [0, 0.05) is 21.8 Å². The SMILES string of the molecule is CC(C)c1ccc(N2C(=O)C(=NNc3cc(Cl)cc(-c4ccc(F)c(OC(=O)O)c4)c3O)c3ccc(C#N)cc32)cc1. The Morgan fingerprint density at radius 1 is 1.07 bits per heavy atom. The van der Waals surface area contributed by atoms with Crippen LogP contribution in [-0.2, 0) is 4.79 Å². The number of hydrazone groups is 1. The van der Waals surface area contributed by atoms with Crippen LogP contribution in [0.2, 0.25) is 5.02 Å². The van der Waals surface area contributed by atoms with Crippen LogP contribution in [0.25, 0.3) is 11.1 Å². The maximum absolute atomic E-state index is 14.1. The maximum atomic E-state index is 14.1. The van der Waals surface area contributed by atoms with Crippen molar-refractivity contribution in [2.75, 3.05) is 10.3 Å². The van der Waals surface area contributed by atoms with Gasteiger partial charge in [-0.3, -0.25) is 15.1 Å². The second-order valence-electron chi connectivity index (χ2n) is 9.67. The van der Waals surface area contributed by atoms with Crippen molar-refractivity contribution in [3.63, 3.8) is 0 Å². The summed E-state index contributed by atoms with van der Waals surface area (Å²) in [6.45, 7) is 4.13. The first-order chi connectivity index (χ1) is 20.1. The molecule has 3 N–H and O–H groups in total. The van der Waals surface area contributed by atoms with E-state index < -0.39 is 23.6 Å². The van der Waals surface area contributed by atoms with Gasteiger partial charge in [0.05, 0.1) is 17.3 Å². The number of phenolic OH excluding ortho intramolecular Hbond substituents is 1. The van der Waals surface area contributed by atoms with Gasteiger partial charge in [0.1, 0.15) is 11.4 Å². The summed E-state index contributed by atoms with van der Waals surface area (Å²) in [6.07, 6.45) is -1.70. The zero-order valence-corrected chi connectivity index (χ0v) is 23.0. The number of anilines is 3. The Balaban J connectivity index is 1.54. The van der Waals surface area contributed by atoms with Gasteiger partial charge in [-0.25, -0.2) is 9.18 Å². The number of nitrogens with zero attached hydrogens (tertiary/aromatic N) is 3. The first-order valence-corrected chi connectivity index (χ1v) is 13.0. The molecule has 0 spiro atoms. The van der Waals surface area contributed by atoms with Gasteiger partial charge in [-0.15, -0.1) is 0 Å². The molecule has 210 valence electrons. The first kappa shape index (κ1) is 28.1. The number of amides is 1. The van der Waals surface area contributed by atoms with Crippen LogP contribution >= 0.6 is 11.6 Å². The Morgan fingerprint density at radius 2 is 1.81 bits per heavy atom. The molecule has 0 aromatic heterocycles. The molecule has 1 heterocycles. The van der Waals surface area contributed by atoms with Gasteiger partial charge >= 0.3 is 6.16 Å². The average molecular weight is 585 g/mol. The van der Waals surface area contributed by atoms with Gasteiger partial charge in [-0.1, -0.05) is 43.6 Å². The fraction of sp³-hybridized carbons (Fsp3) is 0.0968. The number of nitriles is 1. The fourth-order valence-corrected chi connectivity index (χ4v) is 4.77. The number of aromatic hydroxyl groups is 1. The molecule has 4 aromatic rings. The lowest BCUT2D eigenvalue weighted by Crippen LogP contribution is -2.26. The van der Waals surface area contributed by atoms with Gasteiger partial charge in [-0.2, -0.15) is 10.4 Å². The van der Waals surface area contributed by atoms with Crippen molar-refractivity contribution < 1.29 is 28.9 Å². The molecule has 1 aliphatic heterocycles. The standard InChI is InChI=1S/C31H22ClFN4O5/c1-16(2)18-4-7-21(8-5-18)37-26-11-17(15-34)3-9-22(26)28(30(37)39)36-35-25-14-20(32)13-23(29(25)38)19-6-10-24(33)27(12-19)42-31(40)41/h3-14,16,35,38H,1-2H3,(H,40,41). The molecule has 4 aromatic carbocycles. The zero-order chi connectivity index (χ0) is 30.1. The van der Waals surface area contributed by atoms with E-state index in [-0.39, 0.29) is 33.3 Å². The van der Waals surface area contributed by atoms with Crippen LogP contribution in [-0.4, -0.2) is 28.0 Å². The molecule has 1 amide bonds. The number of phenols is 1. The van der Waals surface area contributed by atoms with Crippen molar-refractivity contribution in [3.05, 3.63) is 100 Å². The molecule has 0 fully saturated rings. The molecule has 11 heteroatoms. The Labute approximate surface area is 244 Å². The summed E-state index contributed by atoms with van der Waals surface area (Å²) in [5.41, 5.74) is 6.10. The monoisotopic (exact) mass is 584 g/mol. The number of carbonyl (C=O) groups excluding carboxylic acids is 1. The van der Waals surface area contributed by atoms with E-state index in [4.69, 9.17) is 16.7 Å². The number of benzene rings is 4. The van der Waals surface area contributed by atoms with Gasteiger partial charge in [0.2, 0.25) is 0 Å². The number of carboxylic acid groups (broad SMARTS) is 1. The van der Waals surface area contributed by atoms with E-state index in [1.165, 1.54) is 23.1 Å². The second kappa shape index (κ2) is 11.2. The summed E-state index contributed by atoms with van der Waals surface area (Å²) in [4.78, 5) is 26.1. The number of fused-ring (bicyclic) bond motifs is 1. The van der Waals surface area contributed by atoms with E-state index in [2.05, 4.69) is 35.2 Å². The number of rotatable bonds is 6. The third kappa shape index (κ3) is 5.33. The molecule has 0 bridgehead atoms. The third-order valence-corrected chi connectivity index (χ3v) is 6.87. The highest BCUT2D eigenvalue weighted by Gasteiger charge is 2.36. The molecular formula is C31H22ClFN4O5. The summed E-state index contributed by atoms with van der Waals surface area (Å²) in [6, 6.07) is 20.6. The van der Waals surface area contributed by atoms with Crippen molar-refractivity contribution in [2.45, 2.75) is 19.8 Å². The molecule has 0 saturated carbocycles. The van der Waals surface area contributed by atoms with Gasteiger partial charge < -0.3 is 14.9 Å². The normalized spacial score (nSPS) is 13.3. The molecule has 0 aliphatic carbocycles. The van der Waals surface area contributed by atoms with E-state index in [0.29, 0.717) is 28.4 Å². The number of carbonyl (C=O) groups is 2. The smallest absolute Gasteiger partial charge is 0.505 e. The summed E-state index contributed by atoms with van der Waals surface area (Å²) in [5, 5.41) is 33.9. The predicted molar refractivity (Wildman–Crippen MR) is 156 cm³/mol. The first-order valence-electron chi connectivity index (χ1n) is 12.6. The van der Waals surface area contributed by atoms with E-state index in [1.807, 2.05) is 24.3 Å². The van der Waals surface area contributed by atoms with Crippen LogP contribution in [0.5, 0.6) is 11.5 Å². The van der Waals surface area contributed by atoms with Gasteiger partial charge in [0.25, 0.3) is 5.91 Å². The van der Waals surface area contributed by atoms with Crippen LogP contribution in [0.3, 0.4) is 0 Å². The number of halogens is 2. The lowest BCUT2D eigenvalue weighted by Gasteiger charge is -2.18. The second-order valence-corrected chi connectivity index (χ2v) is 10.1. The molecule has 0 saturated heterocycles. The van der Waals surface area contributed by atoms with Crippen molar-refractivity contribution in [3.8, 4) is 28.7 Å². The highest BCUT2D eigenvalue weighted by Crippen LogP contribution is 2.41. The minimum atomic E-state index is -1.70. The average Bonchev–Trinajstić information content (AvgIpc) is 3.24. The topological polar surface area (TPSA) is 135 Å². The molecule has 0 atom stereocenters. The summed E-state index contributed by atoms with van der Waals surface area (Å²) >= 11 is 6.30. The van der Waals surface area contributed by atoms with Crippen molar-refractivity contribution in [1.82, 2.24) is 0 Å². The molecule has 9 nitrogen and oxygen atoms in total. The lowest BCUT2D eigenvalue weighted by molar-refractivity contribution is -0.111. The minimum absolute atomic E-state index is 0.0257. The van der Waals surface area contributed by atoms with E-state index >= 15 is 0 Å². The number of hydrogen-bond acceptors (Lipinski definition) is 7. The fourth-order valence-electron chi connectivity index (χ4n) is 4.55. The quantitative estimate of drug-likeness (QED) is 0.0929. The maximum Gasteiger partial charge on any atom is 0.511 e. The summed E-state index contributed by atoms with van der Waals surface area (Å²) < 4.78 is 18.5. The number of hydrogen-bond donors (Lipinski definition) is 3. The van der Waals surface area contributed by atoms with Crippen LogP contribution in [0, 0.1) is 17.1 Å². The Morgan fingerprint density at radius 3 is 2.48 bits per heavy atom. The highest BCUT2D eigenvalue weighted by atomic mass is 35.5. The van der Waals surface area contributed by atoms with Crippen LogP contribution in [0.1, 0.15) is 36.5 Å². The molecular weight excluding hydrogens is 563 g/mol. The van der Waals surface area contributed by atoms with Gasteiger partial charge in [-0.05, 0) is 71.6 Å². The minimum Gasteiger partial charge on any atom is -0.505 e. The lowest BCUT2D eigenvalue weighted by atomic mass is 10.0. The summed E-state index contributed by atoms with van der Waals surface area (Å²) in [7, 11) is 0. The van der Waals surface area contributed by atoms with Crippen LogP contribution in [0.15, 0.2) is 77.9 Å². The predicted octanol–water partition coefficient (Wildman–Crippen LogP) is 7.40. The largest absolute Gasteiger partial charge is 0.511 e. The Kier molecular flexibility index (Phi) is 7.53. The van der Waals surface area contributed by atoms with Gasteiger partial charge in [0.15, 0.2) is 17.3 Å². The highest BCUT2D eigenvalue weighted by molar-refractivity contribution is 6.55. The third-order valence-electron chi connectivity index (χ3n) is 6.65. The van der Waals surface area contributed by atoms with E-state index in [0.717, 1.165) is 17.7 Å². The molecule has 0 radical (unpaired) electrons. The van der Waals surface area contributed by atoms with E-state index in [1.54, 1.807) is 18.2 Å². The van der Waals surface area contributed by atoms with Crippen molar-refractivity contribution in [2.24, 2.45) is 5.10 Å². The van der Waals surface area contributed by atoms with Crippen LogP contribution in [0.4, 0.5) is 26.2 Å². The van der Waals surface area contributed by atoms with Crippen molar-refractivity contribution >= 4 is 46.4 Å². The molecule has 1 aliphatic rings. The molecule has 42 heavy (non-hydrogen) atoms. The zero-order valence-electron chi connectivity index (χ0n) is 22.2. The molecule has 5 rings (SSSR count). The van der Waals surface area contributed by atoms with Crippen molar-refractivity contribution in [1.29, 1.82) is 5.26 Å². The summed E-state index contributed by atoms with van der Waals surface area (Å²) in [5.74, 6) is -1.97. The molecule has 0 unspecified atom stereocenters. The Hall–Kier alpha value is -5.40. The number of nitrogens with one attached hydrogen (secondary N) is 1. The Bertz CT molecular complexity index is 1820. The number of ether oxygens (including phenoxy) is 1. The van der Waals surface area contributed by atoms with Crippen LogP contribution < -0.4 is 15.1 Å². The van der Waals surface area contributed by atoms with E-state index in [9.17, 15) is 24.3 Å².